The van der Waals surface area contributed by atoms with Crippen molar-refractivity contribution in [1.82, 2.24) is 14.2 Å². The number of benzene rings is 1. The highest BCUT2D eigenvalue weighted by molar-refractivity contribution is 7.44. The number of nitrogens with one attached hydrogen (secondary N) is 1. The molecule has 40 heavy (non-hydrogen) atoms. The van der Waals surface area contributed by atoms with Crippen LogP contribution in [0.4, 0.5) is 5.69 Å². The van der Waals surface area contributed by atoms with Crippen molar-refractivity contribution in [3.63, 3.8) is 0 Å². The van der Waals surface area contributed by atoms with Gasteiger partial charge in [0.05, 0.1) is 22.7 Å². The van der Waals surface area contributed by atoms with Gasteiger partial charge in [-0.2, -0.15) is 0 Å². The smallest absolute Gasteiger partial charge is 0.330 e. The number of H-pyrrole nitrogens is 1. The molecule has 222 valence electrons. The van der Waals surface area contributed by atoms with Gasteiger partial charge in [-0.1, -0.05) is 39.8 Å². The largest absolute Gasteiger partial charge is 0.352 e. The molecule has 0 radical (unpaired) electrons. The Morgan fingerprint density at radius 2 is 1.82 bits per heavy atom. The van der Waals surface area contributed by atoms with Crippen LogP contribution in [0, 0.1) is 22.5 Å². The van der Waals surface area contributed by atoms with E-state index in [1.165, 1.54) is 16.8 Å². The zero-order valence-electron chi connectivity index (χ0n) is 24.9. The van der Waals surface area contributed by atoms with E-state index in [4.69, 9.17) is 13.8 Å². The molecular formula is C28H43N4O7P. The van der Waals surface area contributed by atoms with E-state index in [9.17, 15) is 19.7 Å². The van der Waals surface area contributed by atoms with Crippen LogP contribution < -0.4 is 11.2 Å². The van der Waals surface area contributed by atoms with Crippen LogP contribution in [-0.2, 0) is 13.8 Å². The predicted octanol–water partition coefficient (Wildman–Crippen LogP) is 5.99. The highest BCUT2D eigenvalue weighted by Gasteiger charge is 2.43. The molecule has 0 bridgehead atoms. The molecule has 1 saturated heterocycles. The van der Waals surface area contributed by atoms with Crippen LogP contribution >= 0.6 is 8.53 Å². The molecule has 1 N–H and O–H groups in total. The van der Waals surface area contributed by atoms with Crippen molar-refractivity contribution in [3.05, 3.63) is 72.5 Å². The normalized spacial score (nSPS) is 21.4. The molecule has 1 aromatic heterocycles. The van der Waals surface area contributed by atoms with Crippen molar-refractivity contribution in [2.24, 2.45) is 5.41 Å². The van der Waals surface area contributed by atoms with Gasteiger partial charge in [0, 0.05) is 36.3 Å². The van der Waals surface area contributed by atoms with Gasteiger partial charge in [0.15, 0.2) is 0 Å². The number of hydrogen-bond acceptors (Lipinski definition) is 8. The second-order valence-electron chi connectivity index (χ2n) is 11.9. The first-order valence-corrected chi connectivity index (χ1v) is 14.9. The summed E-state index contributed by atoms with van der Waals surface area (Å²) >= 11 is 0. The number of nitro groups is 1. The van der Waals surface area contributed by atoms with E-state index in [1.807, 2.05) is 27.7 Å². The SMILES string of the molecule is CC[C@H]1O[C@@H](n2cc(C)c(=O)[nH]c2=O)CC1OP(OC(c1ccccc1[N+](=O)[O-])C(C)(C)C)N(C(C)C)C(C)C. The quantitative estimate of drug-likeness (QED) is 0.196. The standard InChI is InChI=1S/C28H43N4O7P/c1-10-22-23(15-24(37-22)30-16-19(6)26(33)29-27(30)34)38-40(31(17(2)3)18(4)5)39-25(28(7,8)9)20-13-11-12-14-21(20)32(35)36/h11-14,16-18,22-25H,10,15H2,1-9H3,(H,29,33,34)/t22-,23?,24-,25?,40?/m1/s1. The van der Waals surface area contributed by atoms with Crippen molar-refractivity contribution in [2.45, 2.75) is 112 Å². The van der Waals surface area contributed by atoms with E-state index in [0.717, 1.165) is 0 Å². The second-order valence-corrected chi connectivity index (χ2v) is 13.2. The molecule has 1 fully saturated rings. The molecular weight excluding hydrogens is 535 g/mol. The number of aromatic nitrogens is 2. The monoisotopic (exact) mass is 578 g/mol. The number of aromatic amines is 1. The van der Waals surface area contributed by atoms with Crippen molar-refractivity contribution in [3.8, 4) is 0 Å². The lowest BCUT2D eigenvalue weighted by Gasteiger charge is -2.41. The minimum atomic E-state index is -1.73. The fourth-order valence-electron chi connectivity index (χ4n) is 5.01. The Kier molecular flexibility index (Phi) is 10.5. The molecule has 1 aliphatic heterocycles. The van der Waals surface area contributed by atoms with Gasteiger partial charge in [0.1, 0.15) is 12.3 Å². The van der Waals surface area contributed by atoms with E-state index in [1.54, 1.807) is 25.1 Å². The summed E-state index contributed by atoms with van der Waals surface area (Å²) in [6.07, 6.45) is 0.542. The van der Waals surface area contributed by atoms with Crippen LogP contribution in [-0.4, -0.2) is 43.4 Å². The molecule has 2 aromatic rings. The van der Waals surface area contributed by atoms with Crippen molar-refractivity contribution in [1.29, 1.82) is 0 Å². The molecule has 0 aliphatic carbocycles. The number of nitro benzene ring substituents is 1. The van der Waals surface area contributed by atoms with E-state index >= 15 is 0 Å². The minimum absolute atomic E-state index is 0.00142. The maximum Gasteiger partial charge on any atom is 0.330 e. The average molecular weight is 579 g/mol. The highest BCUT2D eigenvalue weighted by atomic mass is 31.2. The van der Waals surface area contributed by atoms with Gasteiger partial charge < -0.3 is 13.8 Å². The molecule has 3 rings (SSSR count). The first kappa shape index (κ1) is 32.1. The summed E-state index contributed by atoms with van der Waals surface area (Å²) < 4.78 is 23.4. The Bertz CT molecular complexity index is 1280. The molecule has 1 aliphatic rings. The van der Waals surface area contributed by atoms with Gasteiger partial charge in [-0.25, -0.2) is 9.46 Å². The number of ether oxygens (including phenoxy) is 1. The lowest BCUT2D eigenvalue weighted by molar-refractivity contribution is -0.386. The summed E-state index contributed by atoms with van der Waals surface area (Å²) in [6.45, 7) is 17.9. The first-order chi connectivity index (χ1) is 18.6. The van der Waals surface area contributed by atoms with Gasteiger partial charge in [-0.05, 0) is 52.5 Å². The number of hydrogen-bond donors (Lipinski definition) is 1. The Morgan fingerprint density at radius 1 is 1.20 bits per heavy atom. The lowest BCUT2D eigenvalue weighted by atomic mass is 9.84. The Balaban J connectivity index is 2.01. The average Bonchev–Trinajstić information content (AvgIpc) is 3.25. The molecule has 0 spiro atoms. The summed E-state index contributed by atoms with van der Waals surface area (Å²) in [5.41, 5.74) is -0.550. The van der Waals surface area contributed by atoms with Crippen LogP contribution in [0.2, 0.25) is 0 Å². The van der Waals surface area contributed by atoms with Gasteiger partial charge >= 0.3 is 5.69 Å². The molecule has 3 unspecified atom stereocenters. The minimum Gasteiger partial charge on any atom is -0.352 e. The Hall–Kier alpha value is -2.43. The summed E-state index contributed by atoms with van der Waals surface area (Å²) in [5.74, 6) is 0. The third kappa shape index (κ3) is 7.25. The topological polar surface area (TPSA) is 129 Å². The molecule has 12 heteroatoms. The van der Waals surface area contributed by atoms with Crippen molar-refractivity contribution < 1.29 is 18.7 Å². The van der Waals surface area contributed by atoms with Crippen LogP contribution in [0.5, 0.6) is 0 Å². The summed E-state index contributed by atoms with van der Waals surface area (Å²) in [7, 11) is -1.73. The third-order valence-electron chi connectivity index (χ3n) is 6.91. The van der Waals surface area contributed by atoms with E-state index < -0.39 is 43.6 Å². The maximum atomic E-state index is 12.6. The molecule has 11 nitrogen and oxygen atoms in total. The highest BCUT2D eigenvalue weighted by Crippen LogP contribution is 2.56. The zero-order chi connectivity index (χ0) is 29.9. The lowest BCUT2D eigenvalue weighted by Crippen LogP contribution is -2.37. The molecule has 2 heterocycles. The Labute approximate surface area is 237 Å². The molecule has 0 amide bonds. The predicted molar refractivity (Wildman–Crippen MR) is 155 cm³/mol. The molecule has 1 aromatic carbocycles. The fraction of sp³-hybridized carbons (Fsp3) is 0.643. The second kappa shape index (κ2) is 13.0. The summed E-state index contributed by atoms with van der Waals surface area (Å²) in [4.78, 5) is 38.4. The van der Waals surface area contributed by atoms with E-state index in [0.29, 0.717) is 24.0 Å². The number of rotatable bonds is 11. The van der Waals surface area contributed by atoms with Gasteiger partial charge in [-0.3, -0.25) is 24.5 Å². The number of nitrogens with zero attached hydrogens (tertiary/aromatic N) is 3. The summed E-state index contributed by atoms with van der Waals surface area (Å²) in [6, 6.07) is 6.78. The van der Waals surface area contributed by atoms with Crippen LogP contribution in [0.1, 0.15) is 91.7 Å². The zero-order valence-corrected chi connectivity index (χ0v) is 25.8. The van der Waals surface area contributed by atoms with Crippen LogP contribution in [0.15, 0.2) is 40.1 Å². The molecule has 5 atom stereocenters. The maximum absolute atomic E-state index is 12.6. The number of para-hydroxylation sites is 1. The van der Waals surface area contributed by atoms with Crippen molar-refractivity contribution >= 4 is 14.2 Å². The van der Waals surface area contributed by atoms with Gasteiger partial charge in [0.25, 0.3) is 19.8 Å². The van der Waals surface area contributed by atoms with E-state index in [2.05, 4.69) is 37.3 Å². The first-order valence-electron chi connectivity index (χ1n) is 13.8. The van der Waals surface area contributed by atoms with E-state index in [-0.39, 0.29) is 28.8 Å². The van der Waals surface area contributed by atoms with Crippen molar-refractivity contribution in [2.75, 3.05) is 0 Å². The summed E-state index contributed by atoms with van der Waals surface area (Å²) in [5, 5.41) is 11.9. The Morgan fingerprint density at radius 3 is 2.38 bits per heavy atom. The van der Waals surface area contributed by atoms with Crippen LogP contribution in [0.3, 0.4) is 0 Å². The van der Waals surface area contributed by atoms with Gasteiger partial charge in [0.2, 0.25) is 0 Å². The molecule has 0 saturated carbocycles. The third-order valence-corrected chi connectivity index (χ3v) is 9.05. The van der Waals surface area contributed by atoms with Crippen LogP contribution in [0.25, 0.3) is 0 Å². The fourth-order valence-corrected chi connectivity index (χ4v) is 7.10. The number of aryl methyl sites for hydroxylation is 1. The van der Waals surface area contributed by atoms with Gasteiger partial charge in [-0.15, -0.1) is 0 Å².